The van der Waals surface area contributed by atoms with Gasteiger partial charge in [0.05, 0.1) is 0 Å². The summed E-state index contributed by atoms with van der Waals surface area (Å²) in [7, 11) is -3.91. The van der Waals surface area contributed by atoms with Gasteiger partial charge in [-0.25, -0.2) is 0 Å². The second-order valence-electron chi connectivity index (χ2n) is 9.07. The Hall–Kier alpha value is -2.89. The summed E-state index contributed by atoms with van der Waals surface area (Å²) in [5.74, 6) is -0.00830. The van der Waals surface area contributed by atoms with Gasteiger partial charge in [-0.15, -0.1) is 10.2 Å². The van der Waals surface area contributed by atoms with Gasteiger partial charge in [0.15, 0.2) is 5.69 Å². The maximum atomic E-state index is 12.7. The van der Waals surface area contributed by atoms with E-state index in [-0.39, 0.29) is 28.3 Å². The molecule has 8 nitrogen and oxygen atoms in total. The van der Waals surface area contributed by atoms with Crippen LogP contribution in [0.4, 0.5) is 13.2 Å². The van der Waals surface area contributed by atoms with Crippen LogP contribution in [0.1, 0.15) is 42.7 Å². The Balaban J connectivity index is 1.67. The van der Waals surface area contributed by atoms with Crippen molar-refractivity contribution in [1.82, 2.24) is 20.0 Å². The molecule has 12 heteroatoms. The predicted octanol–water partition coefficient (Wildman–Crippen LogP) is 4.50. The average molecular weight is 485 g/mol. The second kappa shape index (κ2) is 7.57. The first-order valence-electron chi connectivity index (χ1n) is 10.2. The number of alkyl halides is 3. The Morgan fingerprint density at radius 2 is 1.73 bits per heavy atom. The third-order valence-electron chi connectivity index (χ3n) is 5.78. The van der Waals surface area contributed by atoms with Crippen LogP contribution in [0.2, 0.25) is 0 Å². The van der Waals surface area contributed by atoms with Gasteiger partial charge >= 0.3 is 15.6 Å². The molecule has 0 amide bonds. The van der Waals surface area contributed by atoms with Gasteiger partial charge in [0.25, 0.3) is 5.89 Å². The van der Waals surface area contributed by atoms with Gasteiger partial charge < -0.3 is 8.60 Å². The van der Waals surface area contributed by atoms with Gasteiger partial charge in [-0.1, -0.05) is 13.8 Å². The van der Waals surface area contributed by atoms with E-state index in [1.807, 2.05) is 11.7 Å². The normalized spacial score (nSPS) is 16.0. The number of aromatic nitrogens is 4. The molecule has 0 spiro atoms. The summed E-state index contributed by atoms with van der Waals surface area (Å²) >= 11 is 0. The molecule has 178 valence electrons. The summed E-state index contributed by atoms with van der Waals surface area (Å²) in [6.45, 7) is 7.30. The minimum atomic E-state index is -5.78. The molecule has 0 atom stereocenters. The lowest BCUT2D eigenvalue weighted by Gasteiger charge is -2.29. The van der Waals surface area contributed by atoms with Crippen LogP contribution in [-0.4, -0.2) is 33.9 Å². The van der Waals surface area contributed by atoms with Crippen molar-refractivity contribution in [3.8, 4) is 28.8 Å². The molecule has 0 saturated heterocycles. The van der Waals surface area contributed by atoms with Crippen LogP contribution in [0.25, 0.3) is 23.0 Å². The number of hydrogen-bond acceptors (Lipinski definition) is 7. The van der Waals surface area contributed by atoms with E-state index in [1.54, 1.807) is 0 Å². The van der Waals surface area contributed by atoms with Gasteiger partial charge in [-0.3, -0.25) is 4.68 Å². The zero-order chi connectivity index (χ0) is 24.3. The molecule has 33 heavy (non-hydrogen) atoms. The topological polar surface area (TPSA) is 100 Å². The number of hydrogen-bond donors (Lipinski definition) is 0. The zero-order valence-corrected chi connectivity index (χ0v) is 19.6. The predicted molar refractivity (Wildman–Crippen MR) is 113 cm³/mol. The summed E-state index contributed by atoms with van der Waals surface area (Å²) in [6.07, 6.45) is 2.72. The molecule has 4 rings (SSSR count). The molecule has 0 radical (unpaired) electrons. The Morgan fingerprint density at radius 1 is 1.12 bits per heavy atom. The molecule has 3 aromatic rings. The summed E-state index contributed by atoms with van der Waals surface area (Å²) in [4.78, 5) is 0. The fourth-order valence-corrected chi connectivity index (χ4v) is 4.64. The highest BCUT2D eigenvalue weighted by Crippen LogP contribution is 2.39. The van der Waals surface area contributed by atoms with Crippen LogP contribution in [0, 0.1) is 19.3 Å². The number of fused-ring (bicyclic) bond motifs is 1. The zero-order valence-electron chi connectivity index (χ0n) is 18.7. The lowest BCUT2D eigenvalue weighted by molar-refractivity contribution is -0.0500. The fraction of sp³-hybridized carbons (Fsp3) is 0.476. The molecule has 0 saturated carbocycles. The Bertz CT molecular complexity index is 1320. The van der Waals surface area contributed by atoms with Crippen molar-refractivity contribution in [3.63, 3.8) is 0 Å². The van der Waals surface area contributed by atoms with Crippen molar-refractivity contribution in [2.45, 2.75) is 52.5 Å². The smallest absolute Gasteiger partial charge is 0.415 e. The largest absolute Gasteiger partial charge is 0.534 e. The monoisotopic (exact) mass is 484 g/mol. The summed E-state index contributed by atoms with van der Waals surface area (Å²) in [5, 5.41) is 12.8. The van der Waals surface area contributed by atoms with Gasteiger partial charge in [-0.05, 0) is 61.8 Å². The second-order valence-corrected chi connectivity index (χ2v) is 10.6. The van der Waals surface area contributed by atoms with Crippen LogP contribution >= 0.6 is 0 Å². The highest BCUT2D eigenvalue weighted by molar-refractivity contribution is 7.88. The molecular weight excluding hydrogens is 461 g/mol. The molecule has 2 heterocycles. The molecule has 0 unspecified atom stereocenters. The quantitative estimate of drug-likeness (QED) is 0.397. The number of nitrogens with zero attached hydrogens (tertiary/aromatic N) is 4. The van der Waals surface area contributed by atoms with Crippen molar-refractivity contribution in [3.05, 3.63) is 34.5 Å². The molecule has 1 aliphatic carbocycles. The van der Waals surface area contributed by atoms with Crippen LogP contribution < -0.4 is 4.18 Å². The first-order valence-corrected chi connectivity index (χ1v) is 11.6. The lowest BCUT2D eigenvalue weighted by atomic mass is 9.76. The van der Waals surface area contributed by atoms with Crippen LogP contribution in [0.3, 0.4) is 0 Å². The summed E-state index contributed by atoms with van der Waals surface area (Å²) < 4.78 is 72.9. The van der Waals surface area contributed by atoms with Gasteiger partial charge in [0, 0.05) is 23.9 Å². The number of benzene rings is 1. The highest BCUT2D eigenvalue weighted by Gasteiger charge is 2.49. The van der Waals surface area contributed by atoms with Crippen LogP contribution in [-0.2, 0) is 30.0 Å². The van der Waals surface area contributed by atoms with E-state index in [9.17, 15) is 21.6 Å². The molecule has 0 bridgehead atoms. The first-order chi connectivity index (χ1) is 15.2. The van der Waals surface area contributed by atoms with Crippen LogP contribution in [0.15, 0.2) is 16.5 Å². The average Bonchev–Trinajstić information content (AvgIpc) is 3.28. The molecule has 1 aliphatic rings. The lowest BCUT2D eigenvalue weighted by Crippen LogP contribution is -2.28. The number of halogens is 3. The van der Waals surface area contributed by atoms with E-state index in [4.69, 9.17) is 4.42 Å². The summed E-state index contributed by atoms with van der Waals surface area (Å²) in [5.41, 5.74) is -1.76. The molecule has 2 aromatic heterocycles. The van der Waals surface area contributed by atoms with Crippen molar-refractivity contribution in [1.29, 1.82) is 0 Å². The molecular formula is C21H23F3N4O4S. The van der Waals surface area contributed by atoms with E-state index in [0.717, 1.165) is 30.5 Å². The van der Waals surface area contributed by atoms with E-state index < -0.39 is 21.4 Å². The van der Waals surface area contributed by atoms with Gasteiger partial charge in [0.1, 0.15) is 5.75 Å². The first kappa shape index (κ1) is 23.3. The van der Waals surface area contributed by atoms with Crippen molar-refractivity contribution in [2.75, 3.05) is 0 Å². The Labute approximate surface area is 188 Å². The third kappa shape index (κ3) is 4.23. The van der Waals surface area contributed by atoms with E-state index in [0.29, 0.717) is 11.3 Å². The highest BCUT2D eigenvalue weighted by atomic mass is 32.2. The van der Waals surface area contributed by atoms with E-state index in [2.05, 4.69) is 33.3 Å². The van der Waals surface area contributed by atoms with E-state index >= 15 is 0 Å². The molecule has 0 aliphatic heterocycles. The molecule has 0 N–H and O–H groups in total. The Kier molecular flexibility index (Phi) is 5.34. The van der Waals surface area contributed by atoms with Crippen molar-refractivity contribution < 1.29 is 30.2 Å². The van der Waals surface area contributed by atoms with Gasteiger partial charge in [0.2, 0.25) is 5.89 Å². The third-order valence-corrected chi connectivity index (χ3v) is 6.74. The number of rotatable bonds is 4. The minimum Gasteiger partial charge on any atom is -0.415 e. The fourth-order valence-electron chi connectivity index (χ4n) is 4.06. The van der Waals surface area contributed by atoms with Crippen molar-refractivity contribution >= 4 is 10.1 Å². The maximum absolute atomic E-state index is 12.7. The molecule has 0 fully saturated rings. The SMILES string of the molecule is Cc1cc(-c2nnc(-c3nn(C)c4c3CCC(C)(C)C4)o2)cc(C)c1OS(=O)(=O)C(F)(F)F. The summed E-state index contributed by atoms with van der Waals surface area (Å²) in [6, 6.07) is 2.86. The van der Waals surface area contributed by atoms with E-state index in [1.165, 1.54) is 26.0 Å². The maximum Gasteiger partial charge on any atom is 0.534 e. The van der Waals surface area contributed by atoms with Crippen LogP contribution in [0.5, 0.6) is 5.75 Å². The molecule has 1 aromatic carbocycles. The van der Waals surface area contributed by atoms with Crippen molar-refractivity contribution in [2.24, 2.45) is 12.5 Å². The minimum absolute atomic E-state index is 0.136. The number of aryl methyl sites for hydroxylation is 3. The standard InChI is InChI=1S/C21H23F3N4O4S/c1-11-8-13(9-12(2)17(11)32-33(29,30)21(22,23)24)18-25-26-19(31-18)16-14-6-7-20(3,4)10-15(14)28(5)27-16/h8-9H,6-7,10H2,1-5H3. The Morgan fingerprint density at radius 3 is 2.33 bits per heavy atom. The van der Waals surface area contributed by atoms with Gasteiger partial charge in [-0.2, -0.15) is 26.7 Å².